The van der Waals surface area contributed by atoms with Crippen molar-refractivity contribution in [2.24, 2.45) is 0 Å². The zero-order valence-corrected chi connectivity index (χ0v) is 14.2. The summed E-state index contributed by atoms with van der Waals surface area (Å²) in [5.74, 6) is 0. The van der Waals surface area contributed by atoms with Crippen LogP contribution in [-0.2, 0) is 10.0 Å². The van der Waals surface area contributed by atoms with Crippen LogP contribution >= 0.6 is 23.2 Å². The molecule has 0 amide bonds. The lowest BCUT2D eigenvalue weighted by Crippen LogP contribution is -2.12. The molecule has 0 atom stereocenters. The fourth-order valence-electron chi connectivity index (χ4n) is 2.22. The molecule has 0 radical (unpaired) electrons. The first-order chi connectivity index (χ1) is 10.3. The van der Waals surface area contributed by atoms with Crippen molar-refractivity contribution in [2.45, 2.75) is 18.7 Å². The van der Waals surface area contributed by atoms with E-state index in [0.29, 0.717) is 16.1 Å². The Morgan fingerprint density at radius 3 is 2.41 bits per heavy atom. The molecule has 22 heavy (non-hydrogen) atoms. The summed E-state index contributed by atoms with van der Waals surface area (Å²) in [4.78, 5) is 4.17. The molecule has 7 heteroatoms. The van der Waals surface area contributed by atoms with Gasteiger partial charge in [0.25, 0.3) is 10.0 Å². The second-order valence-corrected chi connectivity index (χ2v) is 7.67. The van der Waals surface area contributed by atoms with Crippen LogP contribution in [0.2, 0.25) is 10.0 Å². The Morgan fingerprint density at radius 1 is 1.05 bits per heavy atom. The molecule has 4 nitrogen and oxygen atoms in total. The van der Waals surface area contributed by atoms with Crippen LogP contribution in [0.4, 0.5) is 0 Å². The maximum absolute atomic E-state index is 12.8. The van der Waals surface area contributed by atoms with Gasteiger partial charge in [-0.05, 0) is 55.3 Å². The lowest BCUT2D eigenvalue weighted by molar-refractivity contribution is 0.589. The van der Waals surface area contributed by atoms with E-state index in [4.69, 9.17) is 23.2 Å². The van der Waals surface area contributed by atoms with Gasteiger partial charge >= 0.3 is 0 Å². The lowest BCUT2D eigenvalue weighted by Gasteiger charge is -2.09. The lowest BCUT2D eigenvalue weighted by atomic mass is 10.1. The van der Waals surface area contributed by atoms with Crippen LogP contribution in [0.1, 0.15) is 11.1 Å². The fraction of sp³-hybridized carbons (Fsp3) is 0.133. The molecular formula is C15H12Cl2N2O2S. The van der Waals surface area contributed by atoms with E-state index in [0.717, 1.165) is 15.1 Å². The molecular weight excluding hydrogens is 343 g/mol. The van der Waals surface area contributed by atoms with E-state index in [1.165, 1.54) is 24.5 Å². The zero-order valence-electron chi connectivity index (χ0n) is 11.8. The summed E-state index contributed by atoms with van der Waals surface area (Å²) in [6.45, 7) is 3.88. The molecule has 3 aromatic rings. The van der Waals surface area contributed by atoms with Gasteiger partial charge in [0.1, 0.15) is 11.2 Å². The van der Waals surface area contributed by atoms with Crippen molar-refractivity contribution < 1.29 is 8.42 Å². The van der Waals surface area contributed by atoms with Gasteiger partial charge in [-0.25, -0.2) is 17.4 Å². The van der Waals surface area contributed by atoms with Gasteiger partial charge in [-0.1, -0.05) is 23.2 Å². The van der Waals surface area contributed by atoms with Crippen LogP contribution in [-0.4, -0.2) is 17.4 Å². The SMILES string of the molecule is Cc1cc2ncn(S(=O)(=O)c3ccc(Cl)cc3Cl)c2cc1C. The summed E-state index contributed by atoms with van der Waals surface area (Å²) in [5, 5.41) is 0.462. The van der Waals surface area contributed by atoms with Gasteiger partial charge in [0.2, 0.25) is 0 Å². The topological polar surface area (TPSA) is 52.0 Å². The van der Waals surface area contributed by atoms with Crippen molar-refractivity contribution in [2.75, 3.05) is 0 Å². The van der Waals surface area contributed by atoms with Crippen LogP contribution in [0.25, 0.3) is 11.0 Å². The van der Waals surface area contributed by atoms with Gasteiger partial charge < -0.3 is 0 Å². The van der Waals surface area contributed by atoms with Gasteiger partial charge in [0, 0.05) is 5.02 Å². The quantitative estimate of drug-likeness (QED) is 0.692. The van der Waals surface area contributed by atoms with E-state index in [2.05, 4.69) is 4.98 Å². The van der Waals surface area contributed by atoms with E-state index in [1.807, 2.05) is 19.9 Å². The first kappa shape index (κ1) is 15.3. The molecule has 0 bridgehead atoms. The highest BCUT2D eigenvalue weighted by Gasteiger charge is 2.23. The Hall–Kier alpha value is -1.56. The van der Waals surface area contributed by atoms with Gasteiger partial charge in [0.15, 0.2) is 0 Å². The van der Waals surface area contributed by atoms with Crippen LogP contribution in [0.3, 0.4) is 0 Å². The average Bonchev–Trinajstić information content (AvgIpc) is 2.82. The average molecular weight is 355 g/mol. The number of imidazole rings is 1. The third-order valence-electron chi connectivity index (χ3n) is 3.56. The van der Waals surface area contributed by atoms with Gasteiger partial charge in [0.05, 0.1) is 16.1 Å². The second-order valence-electron chi connectivity index (χ2n) is 5.05. The number of rotatable bonds is 2. The molecule has 3 rings (SSSR count). The van der Waals surface area contributed by atoms with E-state index < -0.39 is 10.0 Å². The smallest absolute Gasteiger partial charge is 0.236 e. The fourth-order valence-corrected chi connectivity index (χ4v) is 4.26. The third kappa shape index (κ3) is 2.39. The Labute approximate surface area is 138 Å². The summed E-state index contributed by atoms with van der Waals surface area (Å²) in [6.07, 6.45) is 1.30. The van der Waals surface area contributed by atoms with E-state index in [-0.39, 0.29) is 9.92 Å². The van der Waals surface area contributed by atoms with Crippen molar-refractivity contribution >= 4 is 44.3 Å². The molecule has 0 aliphatic rings. The van der Waals surface area contributed by atoms with Gasteiger partial charge in [-0.3, -0.25) is 0 Å². The summed E-state index contributed by atoms with van der Waals surface area (Å²) in [5.41, 5.74) is 3.19. The highest BCUT2D eigenvalue weighted by molar-refractivity contribution is 7.90. The Kier molecular flexibility index (Phi) is 3.67. The number of aryl methyl sites for hydroxylation is 2. The molecule has 0 aliphatic carbocycles. The molecule has 0 fully saturated rings. The van der Waals surface area contributed by atoms with Crippen molar-refractivity contribution in [1.82, 2.24) is 8.96 Å². The van der Waals surface area contributed by atoms with Crippen molar-refractivity contribution in [3.05, 3.63) is 57.8 Å². The molecule has 0 saturated carbocycles. The minimum atomic E-state index is -3.84. The summed E-state index contributed by atoms with van der Waals surface area (Å²) in [7, 11) is -3.84. The van der Waals surface area contributed by atoms with Crippen molar-refractivity contribution in [3.8, 4) is 0 Å². The van der Waals surface area contributed by atoms with Crippen molar-refractivity contribution in [3.63, 3.8) is 0 Å². The maximum atomic E-state index is 12.8. The monoisotopic (exact) mass is 354 g/mol. The van der Waals surface area contributed by atoms with Crippen LogP contribution in [0, 0.1) is 13.8 Å². The molecule has 1 heterocycles. The minimum absolute atomic E-state index is 0.00362. The highest BCUT2D eigenvalue weighted by Crippen LogP contribution is 2.29. The van der Waals surface area contributed by atoms with Crippen molar-refractivity contribution in [1.29, 1.82) is 0 Å². The van der Waals surface area contributed by atoms with Crippen LogP contribution < -0.4 is 0 Å². The summed E-state index contributed by atoms with van der Waals surface area (Å²) in [6, 6.07) is 7.96. The molecule has 0 N–H and O–H groups in total. The Bertz CT molecular complexity index is 994. The maximum Gasteiger partial charge on any atom is 0.270 e. The highest BCUT2D eigenvalue weighted by atomic mass is 35.5. The normalized spacial score (nSPS) is 12.0. The van der Waals surface area contributed by atoms with Crippen LogP contribution in [0.5, 0.6) is 0 Å². The third-order valence-corrected chi connectivity index (χ3v) is 5.94. The van der Waals surface area contributed by atoms with Gasteiger partial charge in [-0.15, -0.1) is 0 Å². The summed E-state index contributed by atoms with van der Waals surface area (Å²) >= 11 is 11.9. The number of aromatic nitrogens is 2. The molecule has 2 aromatic carbocycles. The molecule has 114 valence electrons. The number of halogens is 2. The molecule has 0 saturated heterocycles. The van der Waals surface area contributed by atoms with E-state index in [9.17, 15) is 8.42 Å². The first-order valence-corrected chi connectivity index (χ1v) is 8.65. The molecule has 0 spiro atoms. The largest absolute Gasteiger partial charge is 0.270 e. The molecule has 0 unspecified atom stereocenters. The second kappa shape index (κ2) is 5.26. The van der Waals surface area contributed by atoms with E-state index in [1.54, 1.807) is 6.07 Å². The summed E-state index contributed by atoms with van der Waals surface area (Å²) < 4.78 is 26.8. The minimum Gasteiger partial charge on any atom is -0.236 e. The van der Waals surface area contributed by atoms with Gasteiger partial charge in [-0.2, -0.15) is 0 Å². The predicted octanol–water partition coefficient (Wildman–Crippen LogP) is 4.20. The number of fused-ring (bicyclic) bond motifs is 1. The Balaban J connectivity index is 2.28. The predicted molar refractivity (Wildman–Crippen MR) is 88.3 cm³/mol. The number of hydrogen-bond donors (Lipinski definition) is 0. The molecule has 0 aliphatic heterocycles. The number of benzene rings is 2. The first-order valence-electron chi connectivity index (χ1n) is 6.45. The van der Waals surface area contributed by atoms with E-state index >= 15 is 0 Å². The zero-order chi connectivity index (χ0) is 16.1. The standard InChI is InChI=1S/C15H12Cl2N2O2S/c1-9-5-13-14(6-10(9)2)19(8-18-13)22(20,21)15-4-3-11(16)7-12(15)17/h3-8H,1-2H3. The van der Waals surface area contributed by atoms with Crippen LogP contribution in [0.15, 0.2) is 41.6 Å². The Morgan fingerprint density at radius 2 is 1.73 bits per heavy atom. The molecule has 1 aromatic heterocycles. The number of hydrogen-bond acceptors (Lipinski definition) is 3. The number of nitrogens with zero attached hydrogens (tertiary/aromatic N) is 2.